The van der Waals surface area contributed by atoms with E-state index in [1.165, 1.54) is 11.3 Å². The van der Waals surface area contributed by atoms with E-state index in [0.717, 1.165) is 25.7 Å². The van der Waals surface area contributed by atoms with Crippen molar-refractivity contribution in [1.29, 1.82) is 10.5 Å². The lowest BCUT2D eigenvalue weighted by Gasteiger charge is -2.35. The molecule has 25 heavy (non-hydrogen) atoms. The quantitative estimate of drug-likeness (QED) is 0.775. The number of carbonyl (C=O) groups excluding carboxylic acids is 1. The highest BCUT2D eigenvalue weighted by Gasteiger charge is 2.27. The molecule has 2 aliphatic rings. The summed E-state index contributed by atoms with van der Waals surface area (Å²) >= 11 is 0. The van der Waals surface area contributed by atoms with Crippen LogP contribution >= 0.6 is 0 Å². The van der Waals surface area contributed by atoms with Crippen LogP contribution in [0.25, 0.3) is 0 Å². The number of amides is 1. The molecule has 1 saturated carbocycles. The fraction of sp³-hybridized carbons (Fsp3) is 0.474. The van der Waals surface area contributed by atoms with Crippen molar-refractivity contribution in [2.24, 2.45) is 4.99 Å². The van der Waals surface area contributed by atoms with Crippen molar-refractivity contribution in [2.75, 3.05) is 20.6 Å². The number of nitrogens with zero attached hydrogens (tertiary/aromatic N) is 5. The molecule has 0 radical (unpaired) electrons. The lowest BCUT2D eigenvalue weighted by Crippen LogP contribution is -2.37. The first-order valence-corrected chi connectivity index (χ1v) is 8.45. The van der Waals surface area contributed by atoms with E-state index in [1.54, 1.807) is 19.2 Å². The van der Waals surface area contributed by atoms with Gasteiger partial charge in [0.05, 0.1) is 12.2 Å². The average Bonchev–Trinajstić information content (AvgIpc) is 2.65. The highest BCUT2D eigenvalue weighted by Crippen LogP contribution is 2.26. The third-order valence-corrected chi connectivity index (χ3v) is 4.85. The molecule has 6 heteroatoms. The van der Waals surface area contributed by atoms with Gasteiger partial charge in [0.15, 0.2) is 0 Å². The number of aliphatic imine (C=N–C) groups is 1. The third-order valence-electron chi connectivity index (χ3n) is 4.85. The SMILES string of the molecule is C=C1/C=C\C(C#N)=NC/C(N(C)C2CCCCC2)=C(/C#N)C(=O)N1C. The molecule has 1 amide bonds. The number of allylic oxidation sites excluding steroid dienone is 2. The Labute approximate surface area is 149 Å². The second kappa shape index (κ2) is 8.30. The Morgan fingerprint density at radius 2 is 1.92 bits per heavy atom. The van der Waals surface area contributed by atoms with Gasteiger partial charge < -0.3 is 9.80 Å². The summed E-state index contributed by atoms with van der Waals surface area (Å²) in [6.07, 6.45) is 8.67. The smallest absolute Gasteiger partial charge is 0.270 e. The Morgan fingerprint density at radius 1 is 1.24 bits per heavy atom. The van der Waals surface area contributed by atoms with Crippen LogP contribution in [0.15, 0.2) is 40.7 Å². The molecule has 0 bridgehead atoms. The Kier molecular flexibility index (Phi) is 6.14. The van der Waals surface area contributed by atoms with Crippen LogP contribution in [0.1, 0.15) is 32.1 Å². The van der Waals surface area contributed by atoms with Crippen molar-refractivity contribution in [1.82, 2.24) is 9.80 Å². The summed E-state index contributed by atoms with van der Waals surface area (Å²) in [5.74, 6) is -0.398. The summed E-state index contributed by atoms with van der Waals surface area (Å²) in [5, 5.41) is 18.9. The summed E-state index contributed by atoms with van der Waals surface area (Å²) in [7, 11) is 3.49. The fourth-order valence-electron chi connectivity index (χ4n) is 3.16. The van der Waals surface area contributed by atoms with Crippen LogP contribution in [0.2, 0.25) is 0 Å². The highest BCUT2D eigenvalue weighted by molar-refractivity contribution is 6.08. The van der Waals surface area contributed by atoms with Crippen LogP contribution < -0.4 is 0 Å². The molecule has 0 spiro atoms. The Hall–Kier alpha value is -2.86. The fourth-order valence-corrected chi connectivity index (χ4v) is 3.16. The van der Waals surface area contributed by atoms with E-state index in [0.29, 0.717) is 11.4 Å². The molecular weight excluding hydrogens is 314 g/mol. The van der Waals surface area contributed by atoms with E-state index in [4.69, 9.17) is 0 Å². The average molecular weight is 337 g/mol. The highest BCUT2D eigenvalue weighted by atomic mass is 16.2. The number of rotatable bonds is 2. The monoisotopic (exact) mass is 337 g/mol. The molecule has 0 aromatic rings. The van der Waals surface area contributed by atoms with Gasteiger partial charge >= 0.3 is 0 Å². The van der Waals surface area contributed by atoms with E-state index in [2.05, 4.69) is 17.6 Å². The third kappa shape index (κ3) is 4.16. The molecule has 1 aliphatic carbocycles. The minimum Gasteiger partial charge on any atom is -0.372 e. The van der Waals surface area contributed by atoms with E-state index in [9.17, 15) is 15.3 Å². The van der Waals surface area contributed by atoms with Crippen molar-refractivity contribution in [2.45, 2.75) is 38.1 Å². The van der Waals surface area contributed by atoms with Crippen molar-refractivity contribution >= 4 is 11.6 Å². The Bertz CT molecular complexity index is 726. The van der Waals surface area contributed by atoms with Crippen molar-refractivity contribution in [3.63, 3.8) is 0 Å². The molecular formula is C19H23N5O. The van der Waals surface area contributed by atoms with Crippen LogP contribution in [0, 0.1) is 22.7 Å². The maximum absolute atomic E-state index is 12.8. The lowest BCUT2D eigenvalue weighted by atomic mass is 9.93. The predicted octanol–water partition coefficient (Wildman–Crippen LogP) is 2.54. The van der Waals surface area contributed by atoms with Gasteiger partial charge in [-0.15, -0.1) is 0 Å². The normalized spacial score (nSPS) is 24.2. The molecule has 1 aliphatic heterocycles. The Morgan fingerprint density at radius 3 is 2.52 bits per heavy atom. The van der Waals surface area contributed by atoms with Crippen LogP contribution in [-0.4, -0.2) is 48.1 Å². The summed E-state index contributed by atoms with van der Waals surface area (Å²) in [6, 6.07) is 4.37. The second-order valence-corrected chi connectivity index (χ2v) is 6.34. The van der Waals surface area contributed by atoms with E-state index >= 15 is 0 Å². The van der Waals surface area contributed by atoms with Crippen molar-refractivity contribution < 1.29 is 4.79 Å². The first-order valence-electron chi connectivity index (χ1n) is 8.45. The van der Waals surface area contributed by atoms with Crippen molar-refractivity contribution in [3.8, 4) is 12.1 Å². The minimum absolute atomic E-state index is 0.0630. The molecule has 2 rings (SSSR count). The number of hydrogen-bond donors (Lipinski definition) is 0. The van der Waals surface area contributed by atoms with Gasteiger partial charge in [-0.3, -0.25) is 9.79 Å². The van der Waals surface area contributed by atoms with Crippen LogP contribution in [0.4, 0.5) is 0 Å². The molecule has 0 aromatic heterocycles. The molecule has 6 nitrogen and oxygen atoms in total. The molecule has 0 atom stereocenters. The summed E-state index contributed by atoms with van der Waals surface area (Å²) in [5.41, 5.74) is 1.29. The zero-order valence-electron chi connectivity index (χ0n) is 14.8. The maximum atomic E-state index is 12.8. The van der Waals surface area contributed by atoms with Gasteiger partial charge in [0.25, 0.3) is 5.91 Å². The predicted molar refractivity (Wildman–Crippen MR) is 96.2 cm³/mol. The van der Waals surface area contributed by atoms with Gasteiger partial charge in [-0.05, 0) is 25.0 Å². The van der Waals surface area contributed by atoms with Crippen molar-refractivity contribution in [3.05, 3.63) is 35.7 Å². The molecule has 130 valence electrons. The first kappa shape index (κ1) is 18.5. The first-order chi connectivity index (χ1) is 12.0. The van der Waals surface area contributed by atoms with E-state index in [1.807, 2.05) is 18.0 Å². The molecule has 0 unspecified atom stereocenters. The molecule has 0 N–H and O–H groups in total. The van der Waals surface area contributed by atoms with E-state index < -0.39 is 5.91 Å². The number of nitriles is 2. The lowest BCUT2D eigenvalue weighted by molar-refractivity contribution is -0.123. The van der Waals surface area contributed by atoms with Gasteiger partial charge in [-0.1, -0.05) is 25.8 Å². The van der Waals surface area contributed by atoms with Crippen LogP contribution in [0.3, 0.4) is 0 Å². The molecule has 0 aromatic carbocycles. The summed E-state index contributed by atoms with van der Waals surface area (Å²) in [6.45, 7) is 3.96. The van der Waals surface area contributed by atoms with E-state index in [-0.39, 0.29) is 23.9 Å². The Balaban J connectivity index is 2.51. The van der Waals surface area contributed by atoms with Gasteiger partial charge in [0, 0.05) is 25.8 Å². The molecule has 0 saturated heterocycles. The number of likely N-dealkylation sites (N-methyl/N-ethyl adjacent to an activating group) is 2. The summed E-state index contributed by atoms with van der Waals surface area (Å²) < 4.78 is 0. The molecule has 1 fully saturated rings. The standard InChI is InChI=1S/C19H23N5O/c1-14-9-10-15(11-20)22-13-18(17(12-21)19(25)23(14)2)24(3)16-7-5-4-6-8-16/h9-10,16H,1,4-8,13H2,2-3H3/b10-9-,18-17+,22-15?. The maximum Gasteiger partial charge on any atom is 0.270 e. The number of hydrogen-bond acceptors (Lipinski definition) is 5. The number of carbonyl (C=O) groups is 1. The van der Waals surface area contributed by atoms with Gasteiger partial charge in [-0.2, -0.15) is 10.5 Å². The largest absolute Gasteiger partial charge is 0.372 e. The topological polar surface area (TPSA) is 83.5 Å². The van der Waals surface area contributed by atoms with Gasteiger partial charge in [0.1, 0.15) is 23.4 Å². The van der Waals surface area contributed by atoms with Crippen LogP contribution in [0.5, 0.6) is 0 Å². The minimum atomic E-state index is -0.398. The van der Waals surface area contributed by atoms with Gasteiger partial charge in [0.2, 0.25) is 0 Å². The summed E-state index contributed by atoms with van der Waals surface area (Å²) in [4.78, 5) is 20.4. The molecule has 1 heterocycles. The zero-order valence-corrected chi connectivity index (χ0v) is 14.8. The second-order valence-electron chi connectivity index (χ2n) is 6.34. The van der Waals surface area contributed by atoms with Gasteiger partial charge in [-0.25, -0.2) is 0 Å². The van der Waals surface area contributed by atoms with Crippen LogP contribution in [-0.2, 0) is 4.79 Å². The zero-order chi connectivity index (χ0) is 18.4.